The van der Waals surface area contributed by atoms with Crippen molar-refractivity contribution in [1.29, 1.82) is 0 Å². The van der Waals surface area contributed by atoms with Crippen molar-refractivity contribution in [2.24, 2.45) is 5.92 Å². The number of nitrogens with zero attached hydrogens (tertiary/aromatic N) is 1. The van der Waals surface area contributed by atoms with Crippen LogP contribution in [0, 0.1) is 11.7 Å². The van der Waals surface area contributed by atoms with Crippen molar-refractivity contribution in [2.45, 2.75) is 37.2 Å². The number of nitrogens with one attached hydrogen (secondary N) is 1. The van der Waals surface area contributed by atoms with Gasteiger partial charge >= 0.3 is 5.97 Å². The van der Waals surface area contributed by atoms with E-state index in [0.29, 0.717) is 18.8 Å². The van der Waals surface area contributed by atoms with Crippen LogP contribution < -0.4 is 5.32 Å². The smallest absolute Gasteiger partial charge is 0.316 e. The lowest BCUT2D eigenvalue weighted by atomic mass is 9.73. The molecule has 0 aliphatic carbocycles. The highest BCUT2D eigenvalue weighted by molar-refractivity contribution is 5.85. The topological polar surface area (TPSA) is 41.6 Å². The molecule has 2 bridgehead atoms. The number of benzene rings is 1. The fourth-order valence-corrected chi connectivity index (χ4v) is 4.53. The van der Waals surface area contributed by atoms with Gasteiger partial charge in [-0.1, -0.05) is 12.1 Å². The number of carbonyl (C=O) groups excluding carboxylic acids is 1. The molecule has 1 unspecified atom stereocenters. The predicted octanol–water partition coefficient (Wildman–Crippen LogP) is 2.93. The van der Waals surface area contributed by atoms with Crippen LogP contribution in [0.1, 0.15) is 31.2 Å². The number of hydrogen-bond donors (Lipinski definition) is 1. The molecular formula is C19H27Cl2FN2O2. The summed E-state index contributed by atoms with van der Waals surface area (Å²) in [6.45, 7) is 4.70. The Kier molecular flexibility index (Phi) is 7.31. The van der Waals surface area contributed by atoms with Gasteiger partial charge in [0.15, 0.2) is 0 Å². The molecule has 4 aliphatic heterocycles. The monoisotopic (exact) mass is 404 g/mol. The largest absolute Gasteiger partial charge is 0.460 e. The Balaban J connectivity index is 0.00000121. The van der Waals surface area contributed by atoms with Crippen LogP contribution in [-0.2, 0) is 14.9 Å². The van der Waals surface area contributed by atoms with Crippen LogP contribution in [0.4, 0.5) is 4.39 Å². The molecule has 4 saturated heterocycles. The fourth-order valence-electron chi connectivity index (χ4n) is 4.53. The normalized spacial score (nSPS) is 29.2. The highest BCUT2D eigenvalue weighted by Crippen LogP contribution is 2.37. The summed E-state index contributed by atoms with van der Waals surface area (Å²) in [6.07, 6.45) is 3.69. The van der Waals surface area contributed by atoms with E-state index in [2.05, 4.69) is 10.2 Å². The first-order valence-electron chi connectivity index (χ1n) is 9.08. The van der Waals surface area contributed by atoms with Gasteiger partial charge in [-0.15, -0.1) is 24.8 Å². The Labute approximate surface area is 166 Å². The summed E-state index contributed by atoms with van der Waals surface area (Å²) in [7, 11) is 0. The van der Waals surface area contributed by atoms with Crippen LogP contribution in [0.15, 0.2) is 24.3 Å². The molecule has 26 heavy (non-hydrogen) atoms. The van der Waals surface area contributed by atoms with Gasteiger partial charge in [0.05, 0.1) is 5.41 Å². The number of hydrogen-bond acceptors (Lipinski definition) is 4. The standard InChI is InChI=1S/C19H25FN2O2.2ClH/c20-16-3-1-15(2-4-16)19(7-9-21-10-8-19)18(23)24-17-13-22-11-5-14(17)6-12-22;;/h1-4,14,17,21H,5-13H2;2*1H. The van der Waals surface area contributed by atoms with Crippen molar-refractivity contribution in [1.82, 2.24) is 10.2 Å². The molecule has 0 radical (unpaired) electrons. The highest BCUT2D eigenvalue weighted by Gasteiger charge is 2.45. The molecule has 0 saturated carbocycles. The van der Waals surface area contributed by atoms with E-state index in [0.717, 1.165) is 51.1 Å². The first-order valence-corrected chi connectivity index (χ1v) is 9.08. The van der Waals surface area contributed by atoms with Crippen LogP contribution in [0.3, 0.4) is 0 Å². The maximum absolute atomic E-state index is 13.3. The summed E-state index contributed by atoms with van der Waals surface area (Å²) >= 11 is 0. The van der Waals surface area contributed by atoms with E-state index in [-0.39, 0.29) is 42.7 Å². The van der Waals surface area contributed by atoms with Gasteiger partial charge in [-0.25, -0.2) is 4.39 Å². The molecule has 0 aromatic heterocycles. The van der Waals surface area contributed by atoms with Crippen molar-refractivity contribution in [3.63, 3.8) is 0 Å². The number of piperidine rings is 4. The Bertz CT molecular complexity index is 600. The average Bonchev–Trinajstić information content (AvgIpc) is 2.64. The molecule has 1 aromatic rings. The molecule has 0 spiro atoms. The van der Waals surface area contributed by atoms with Gasteiger partial charge in [0.25, 0.3) is 0 Å². The molecule has 1 N–H and O–H groups in total. The van der Waals surface area contributed by atoms with E-state index >= 15 is 0 Å². The number of fused-ring (bicyclic) bond motifs is 3. The second-order valence-corrected chi connectivity index (χ2v) is 7.42. The third-order valence-electron chi connectivity index (χ3n) is 6.10. The molecule has 1 atom stereocenters. The van der Waals surface area contributed by atoms with Crippen LogP contribution >= 0.6 is 24.8 Å². The van der Waals surface area contributed by atoms with E-state index in [1.807, 2.05) is 0 Å². The van der Waals surface area contributed by atoms with E-state index in [1.165, 1.54) is 12.1 Å². The molecule has 0 amide bonds. The summed E-state index contributed by atoms with van der Waals surface area (Å²) < 4.78 is 19.4. The Morgan fingerprint density at radius 1 is 1.12 bits per heavy atom. The van der Waals surface area contributed by atoms with Gasteiger partial charge in [0.2, 0.25) is 0 Å². The molecule has 4 aliphatic rings. The summed E-state index contributed by atoms with van der Waals surface area (Å²) in [5.41, 5.74) is 0.252. The fraction of sp³-hybridized carbons (Fsp3) is 0.632. The van der Waals surface area contributed by atoms with Gasteiger partial charge in [-0.05, 0) is 75.5 Å². The van der Waals surface area contributed by atoms with Gasteiger partial charge in [0, 0.05) is 6.54 Å². The van der Waals surface area contributed by atoms with Crippen LogP contribution in [0.25, 0.3) is 0 Å². The van der Waals surface area contributed by atoms with Crippen molar-refractivity contribution < 1.29 is 13.9 Å². The van der Waals surface area contributed by atoms with Gasteiger partial charge in [-0.2, -0.15) is 0 Å². The van der Waals surface area contributed by atoms with Crippen molar-refractivity contribution >= 4 is 30.8 Å². The zero-order valence-electron chi connectivity index (χ0n) is 14.8. The average molecular weight is 405 g/mol. The van der Waals surface area contributed by atoms with Gasteiger partial charge in [-0.3, -0.25) is 9.69 Å². The molecule has 4 fully saturated rings. The zero-order valence-corrected chi connectivity index (χ0v) is 16.4. The molecule has 5 rings (SSSR count). The Morgan fingerprint density at radius 2 is 1.73 bits per heavy atom. The van der Waals surface area contributed by atoms with E-state index in [1.54, 1.807) is 12.1 Å². The third-order valence-corrected chi connectivity index (χ3v) is 6.10. The van der Waals surface area contributed by atoms with E-state index in [4.69, 9.17) is 4.74 Å². The lowest BCUT2D eigenvalue weighted by Crippen LogP contribution is -2.54. The predicted molar refractivity (Wildman–Crippen MR) is 104 cm³/mol. The Morgan fingerprint density at radius 3 is 2.27 bits per heavy atom. The molecule has 1 aromatic carbocycles. The van der Waals surface area contributed by atoms with Crippen LogP contribution in [0.5, 0.6) is 0 Å². The first-order chi connectivity index (χ1) is 11.7. The van der Waals surface area contributed by atoms with Crippen LogP contribution in [-0.4, -0.2) is 49.7 Å². The highest BCUT2D eigenvalue weighted by atomic mass is 35.5. The molecule has 4 heterocycles. The second-order valence-electron chi connectivity index (χ2n) is 7.42. The minimum atomic E-state index is -0.634. The second kappa shape index (κ2) is 8.87. The SMILES string of the molecule is Cl.Cl.O=C(OC1CN2CCC1CC2)C1(c2ccc(F)cc2)CCNCC1. The van der Waals surface area contributed by atoms with E-state index in [9.17, 15) is 9.18 Å². The third kappa shape index (κ3) is 4.01. The van der Waals surface area contributed by atoms with Crippen molar-refractivity contribution in [3.05, 3.63) is 35.6 Å². The van der Waals surface area contributed by atoms with E-state index < -0.39 is 5.41 Å². The van der Waals surface area contributed by atoms with Gasteiger partial charge in [0.1, 0.15) is 11.9 Å². The number of carbonyl (C=O) groups is 1. The molecule has 7 heteroatoms. The minimum absolute atomic E-state index is 0. The summed E-state index contributed by atoms with van der Waals surface area (Å²) in [5.74, 6) is 0.119. The molecule has 4 nitrogen and oxygen atoms in total. The summed E-state index contributed by atoms with van der Waals surface area (Å²) in [4.78, 5) is 15.6. The quantitative estimate of drug-likeness (QED) is 0.786. The number of halogens is 3. The lowest BCUT2D eigenvalue weighted by molar-refractivity contribution is -0.167. The number of rotatable bonds is 3. The number of ether oxygens (including phenoxy) is 1. The Hall–Kier alpha value is -0.880. The maximum atomic E-state index is 13.3. The first kappa shape index (κ1) is 21.4. The number of esters is 1. The summed E-state index contributed by atoms with van der Waals surface area (Å²) in [5, 5.41) is 3.32. The molecule has 146 valence electrons. The van der Waals surface area contributed by atoms with Crippen molar-refractivity contribution in [3.8, 4) is 0 Å². The van der Waals surface area contributed by atoms with Gasteiger partial charge < -0.3 is 10.1 Å². The molecular weight excluding hydrogens is 378 g/mol. The summed E-state index contributed by atoms with van der Waals surface area (Å²) in [6, 6.07) is 6.39. The zero-order chi connectivity index (χ0) is 16.6. The maximum Gasteiger partial charge on any atom is 0.316 e. The van der Waals surface area contributed by atoms with Crippen molar-refractivity contribution in [2.75, 3.05) is 32.7 Å². The van der Waals surface area contributed by atoms with Crippen LogP contribution in [0.2, 0.25) is 0 Å². The lowest BCUT2D eigenvalue weighted by Gasteiger charge is -2.45. The minimum Gasteiger partial charge on any atom is -0.460 e.